The SMILES string of the molecule is Cc1ccnn1Cc1cc(CNC2CC2)no1. The lowest BCUT2D eigenvalue weighted by Gasteiger charge is -1.99. The summed E-state index contributed by atoms with van der Waals surface area (Å²) >= 11 is 0. The quantitative estimate of drug-likeness (QED) is 0.848. The van der Waals surface area contributed by atoms with Crippen LogP contribution in [0.15, 0.2) is 22.9 Å². The van der Waals surface area contributed by atoms with Crippen molar-refractivity contribution in [2.45, 2.75) is 38.9 Å². The first kappa shape index (κ1) is 10.5. The average molecular weight is 232 g/mol. The fourth-order valence-corrected chi connectivity index (χ4v) is 1.76. The summed E-state index contributed by atoms with van der Waals surface area (Å²) in [5.41, 5.74) is 2.09. The van der Waals surface area contributed by atoms with Gasteiger partial charge in [-0.2, -0.15) is 5.10 Å². The van der Waals surface area contributed by atoms with Crippen molar-refractivity contribution in [3.05, 3.63) is 35.5 Å². The smallest absolute Gasteiger partial charge is 0.158 e. The lowest BCUT2D eigenvalue weighted by molar-refractivity contribution is 0.363. The fraction of sp³-hybridized carbons (Fsp3) is 0.500. The van der Waals surface area contributed by atoms with Crippen LogP contribution in [-0.2, 0) is 13.1 Å². The molecule has 17 heavy (non-hydrogen) atoms. The summed E-state index contributed by atoms with van der Waals surface area (Å²) in [7, 11) is 0. The van der Waals surface area contributed by atoms with Crippen LogP contribution in [0.25, 0.3) is 0 Å². The van der Waals surface area contributed by atoms with Gasteiger partial charge in [-0.25, -0.2) is 0 Å². The van der Waals surface area contributed by atoms with Gasteiger partial charge in [0.25, 0.3) is 0 Å². The van der Waals surface area contributed by atoms with Crippen LogP contribution < -0.4 is 5.32 Å². The molecule has 1 aliphatic rings. The molecule has 1 aliphatic carbocycles. The van der Waals surface area contributed by atoms with Crippen LogP contribution in [0.2, 0.25) is 0 Å². The van der Waals surface area contributed by atoms with Gasteiger partial charge in [0.2, 0.25) is 0 Å². The second-order valence-electron chi connectivity index (χ2n) is 4.57. The third kappa shape index (κ3) is 2.55. The van der Waals surface area contributed by atoms with Gasteiger partial charge >= 0.3 is 0 Å². The molecule has 2 aromatic rings. The zero-order chi connectivity index (χ0) is 11.7. The van der Waals surface area contributed by atoms with E-state index in [4.69, 9.17) is 4.52 Å². The van der Waals surface area contributed by atoms with Crippen molar-refractivity contribution in [1.29, 1.82) is 0 Å². The highest BCUT2D eigenvalue weighted by atomic mass is 16.5. The number of aryl methyl sites for hydroxylation is 1. The normalized spacial score (nSPS) is 15.4. The Hall–Kier alpha value is -1.62. The molecule has 0 bridgehead atoms. The Morgan fingerprint density at radius 1 is 1.53 bits per heavy atom. The monoisotopic (exact) mass is 232 g/mol. The first-order valence-electron chi connectivity index (χ1n) is 5.97. The maximum absolute atomic E-state index is 5.29. The lowest BCUT2D eigenvalue weighted by atomic mass is 10.3. The second kappa shape index (κ2) is 4.33. The number of hydrogen-bond acceptors (Lipinski definition) is 4. The Labute approximate surface area is 99.8 Å². The van der Waals surface area contributed by atoms with Crippen LogP contribution >= 0.6 is 0 Å². The van der Waals surface area contributed by atoms with E-state index in [1.807, 2.05) is 23.7 Å². The highest BCUT2D eigenvalue weighted by Crippen LogP contribution is 2.19. The first-order valence-corrected chi connectivity index (χ1v) is 5.97. The van der Waals surface area contributed by atoms with Gasteiger partial charge in [-0.3, -0.25) is 4.68 Å². The van der Waals surface area contributed by atoms with Gasteiger partial charge in [0.05, 0.1) is 5.69 Å². The van der Waals surface area contributed by atoms with Crippen molar-refractivity contribution in [3.8, 4) is 0 Å². The predicted molar refractivity (Wildman–Crippen MR) is 62.4 cm³/mol. The number of hydrogen-bond donors (Lipinski definition) is 1. The van der Waals surface area contributed by atoms with E-state index in [0.717, 1.165) is 23.7 Å². The molecule has 0 spiro atoms. The van der Waals surface area contributed by atoms with E-state index in [0.29, 0.717) is 12.6 Å². The molecule has 2 aromatic heterocycles. The van der Waals surface area contributed by atoms with Gasteiger partial charge < -0.3 is 9.84 Å². The largest absolute Gasteiger partial charge is 0.359 e. The predicted octanol–water partition coefficient (Wildman–Crippen LogP) is 1.48. The number of nitrogens with zero attached hydrogens (tertiary/aromatic N) is 3. The molecule has 90 valence electrons. The summed E-state index contributed by atoms with van der Waals surface area (Å²) in [6.07, 6.45) is 4.37. The summed E-state index contributed by atoms with van der Waals surface area (Å²) in [6, 6.07) is 4.67. The lowest BCUT2D eigenvalue weighted by Crippen LogP contribution is -2.15. The zero-order valence-corrected chi connectivity index (χ0v) is 9.89. The standard InChI is InChI=1S/C12H16N4O/c1-9-4-5-14-16(9)8-12-6-11(15-17-12)7-13-10-2-3-10/h4-6,10,13H,2-3,7-8H2,1H3. The fourth-order valence-electron chi connectivity index (χ4n) is 1.76. The summed E-state index contributed by atoms with van der Waals surface area (Å²) in [5, 5.41) is 11.7. The van der Waals surface area contributed by atoms with E-state index in [2.05, 4.69) is 15.6 Å². The molecule has 1 saturated carbocycles. The van der Waals surface area contributed by atoms with Crippen LogP contribution in [-0.4, -0.2) is 21.0 Å². The highest BCUT2D eigenvalue weighted by molar-refractivity contribution is 5.07. The molecule has 3 rings (SSSR count). The molecule has 0 atom stereocenters. The van der Waals surface area contributed by atoms with Crippen molar-refractivity contribution < 1.29 is 4.52 Å². The second-order valence-corrected chi connectivity index (χ2v) is 4.57. The molecule has 0 aromatic carbocycles. The van der Waals surface area contributed by atoms with Crippen molar-refractivity contribution >= 4 is 0 Å². The maximum atomic E-state index is 5.29. The molecule has 0 aliphatic heterocycles. The van der Waals surface area contributed by atoms with Crippen LogP contribution in [0.4, 0.5) is 0 Å². The van der Waals surface area contributed by atoms with Crippen molar-refractivity contribution in [2.75, 3.05) is 0 Å². The topological polar surface area (TPSA) is 55.9 Å². The summed E-state index contributed by atoms with van der Waals surface area (Å²) in [6.45, 7) is 3.47. The Morgan fingerprint density at radius 2 is 2.41 bits per heavy atom. The third-order valence-corrected chi connectivity index (χ3v) is 2.99. The van der Waals surface area contributed by atoms with E-state index in [-0.39, 0.29) is 0 Å². The summed E-state index contributed by atoms with van der Waals surface area (Å²) in [5.74, 6) is 0.851. The van der Waals surface area contributed by atoms with Gasteiger partial charge in [-0.05, 0) is 25.8 Å². The number of rotatable bonds is 5. The summed E-state index contributed by atoms with van der Waals surface area (Å²) in [4.78, 5) is 0. The Balaban J connectivity index is 1.61. The molecule has 1 fully saturated rings. The Kier molecular flexibility index (Phi) is 2.68. The minimum Gasteiger partial charge on any atom is -0.359 e. The van der Waals surface area contributed by atoms with Crippen LogP contribution in [0.3, 0.4) is 0 Å². The van der Waals surface area contributed by atoms with Crippen LogP contribution in [0.5, 0.6) is 0 Å². The number of aromatic nitrogens is 3. The molecule has 0 radical (unpaired) electrons. The molecule has 2 heterocycles. The highest BCUT2D eigenvalue weighted by Gasteiger charge is 2.20. The molecule has 5 nitrogen and oxygen atoms in total. The molecule has 0 unspecified atom stereocenters. The maximum Gasteiger partial charge on any atom is 0.158 e. The number of nitrogens with one attached hydrogen (secondary N) is 1. The van der Waals surface area contributed by atoms with E-state index in [9.17, 15) is 0 Å². The van der Waals surface area contributed by atoms with Crippen molar-refractivity contribution in [1.82, 2.24) is 20.3 Å². The minimum absolute atomic E-state index is 0.648. The van der Waals surface area contributed by atoms with Crippen LogP contribution in [0.1, 0.15) is 30.0 Å². The van der Waals surface area contributed by atoms with E-state index < -0.39 is 0 Å². The molecular formula is C12H16N4O. The Bertz CT molecular complexity index is 498. The molecule has 1 N–H and O–H groups in total. The average Bonchev–Trinajstić information content (AvgIpc) is 2.92. The van der Waals surface area contributed by atoms with Gasteiger partial charge in [-0.1, -0.05) is 5.16 Å². The Morgan fingerprint density at radius 3 is 3.12 bits per heavy atom. The summed E-state index contributed by atoms with van der Waals surface area (Å²) < 4.78 is 7.20. The minimum atomic E-state index is 0.648. The molecule has 0 saturated heterocycles. The van der Waals surface area contributed by atoms with Gasteiger partial charge in [-0.15, -0.1) is 0 Å². The van der Waals surface area contributed by atoms with E-state index in [1.165, 1.54) is 12.8 Å². The van der Waals surface area contributed by atoms with Crippen LogP contribution in [0, 0.1) is 6.92 Å². The van der Waals surface area contributed by atoms with E-state index in [1.54, 1.807) is 6.20 Å². The van der Waals surface area contributed by atoms with Gasteiger partial charge in [0.15, 0.2) is 5.76 Å². The van der Waals surface area contributed by atoms with Crippen molar-refractivity contribution in [2.24, 2.45) is 0 Å². The molecule has 5 heteroatoms. The molecule has 0 amide bonds. The first-order chi connectivity index (χ1) is 8.31. The zero-order valence-electron chi connectivity index (χ0n) is 9.89. The van der Waals surface area contributed by atoms with E-state index >= 15 is 0 Å². The third-order valence-electron chi connectivity index (χ3n) is 2.99. The van der Waals surface area contributed by atoms with Gasteiger partial charge in [0.1, 0.15) is 6.54 Å². The van der Waals surface area contributed by atoms with Crippen molar-refractivity contribution in [3.63, 3.8) is 0 Å². The molecular weight excluding hydrogens is 216 g/mol. The van der Waals surface area contributed by atoms with Gasteiger partial charge in [0, 0.05) is 30.5 Å².